The van der Waals surface area contributed by atoms with Gasteiger partial charge in [-0.2, -0.15) is 11.8 Å². The number of aliphatic carboxylic acids is 1. The van der Waals surface area contributed by atoms with Crippen molar-refractivity contribution >= 4 is 17.7 Å². The lowest BCUT2D eigenvalue weighted by atomic mass is 10.1. The summed E-state index contributed by atoms with van der Waals surface area (Å²) >= 11 is 1.99. The second-order valence-electron chi connectivity index (χ2n) is 4.47. The zero-order valence-corrected chi connectivity index (χ0v) is 11.1. The number of thioether (sulfide) groups is 1. The third kappa shape index (κ3) is 4.26. The minimum absolute atomic E-state index is 0.181. The number of ether oxygens (including phenoxy) is 1. The number of carboxylic acids is 1. The van der Waals surface area contributed by atoms with Crippen LogP contribution < -0.4 is 4.74 Å². The minimum Gasteiger partial charge on any atom is -0.490 e. The third-order valence-electron chi connectivity index (χ3n) is 3.02. The maximum absolute atomic E-state index is 10.5. The molecule has 1 aromatic rings. The smallest absolute Gasteiger partial charge is 0.303 e. The standard InChI is InChI=1S/C14H18O3S/c15-14(16)6-3-11-1-4-12(5-2-11)17-13-7-9-18-10-8-13/h1-2,4-5,13H,3,6-10H2,(H,15,16). The summed E-state index contributed by atoms with van der Waals surface area (Å²) in [7, 11) is 0. The highest BCUT2D eigenvalue weighted by Crippen LogP contribution is 2.23. The average molecular weight is 266 g/mol. The van der Waals surface area contributed by atoms with Crippen molar-refractivity contribution in [1.29, 1.82) is 0 Å². The van der Waals surface area contributed by atoms with Crippen LogP contribution in [0.3, 0.4) is 0 Å². The van der Waals surface area contributed by atoms with Gasteiger partial charge in [0.1, 0.15) is 11.9 Å². The lowest BCUT2D eigenvalue weighted by Gasteiger charge is -2.22. The second kappa shape index (κ2) is 6.69. The van der Waals surface area contributed by atoms with E-state index in [1.165, 1.54) is 11.5 Å². The largest absolute Gasteiger partial charge is 0.490 e. The number of carbonyl (C=O) groups is 1. The molecule has 0 bridgehead atoms. The van der Waals surface area contributed by atoms with Gasteiger partial charge in [0.25, 0.3) is 0 Å². The Morgan fingerprint density at radius 2 is 1.94 bits per heavy atom. The molecule has 2 rings (SSSR count). The van der Waals surface area contributed by atoms with E-state index in [0.29, 0.717) is 12.5 Å². The molecule has 0 saturated carbocycles. The second-order valence-corrected chi connectivity index (χ2v) is 5.69. The molecule has 18 heavy (non-hydrogen) atoms. The minimum atomic E-state index is -0.755. The van der Waals surface area contributed by atoms with Crippen LogP contribution in [0.15, 0.2) is 24.3 Å². The van der Waals surface area contributed by atoms with Gasteiger partial charge >= 0.3 is 5.97 Å². The van der Waals surface area contributed by atoms with Crippen molar-refractivity contribution in [3.63, 3.8) is 0 Å². The molecule has 0 unspecified atom stereocenters. The molecule has 1 heterocycles. The first-order valence-corrected chi connectivity index (χ1v) is 7.44. The molecule has 98 valence electrons. The van der Waals surface area contributed by atoms with E-state index in [9.17, 15) is 4.79 Å². The van der Waals surface area contributed by atoms with Gasteiger partial charge in [-0.05, 0) is 48.5 Å². The molecular formula is C14H18O3S. The molecule has 0 aromatic heterocycles. The van der Waals surface area contributed by atoms with Gasteiger partial charge in [-0.3, -0.25) is 4.79 Å². The van der Waals surface area contributed by atoms with Crippen LogP contribution in [-0.2, 0) is 11.2 Å². The highest BCUT2D eigenvalue weighted by Gasteiger charge is 2.14. The van der Waals surface area contributed by atoms with Crippen molar-refractivity contribution in [2.75, 3.05) is 11.5 Å². The highest BCUT2D eigenvalue weighted by atomic mass is 32.2. The van der Waals surface area contributed by atoms with Crippen molar-refractivity contribution < 1.29 is 14.6 Å². The SMILES string of the molecule is O=C(O)CCc1ccc(OC2CCSCC2)cc1. The zero-order chi connectivity index (χ0) is 12.8. The van der Waals surface area contributed by atoms with Crippen molar-refractivity contribution in [1.82, 2.24) is 0 Å². The summed E-state index contributed by atoms with van der Waals surface area (Å²) in [6.07, 6.45) is 3.34. The van der Waals surface area contributed by atoms with Gasteiger partial charge in [0, 0.05) is 6.42 Å². The van der Waals surface area contributed by atoms with E-state index < -0.39 is 5.97 Å². The number of hydrogen-bond acceptors (Lipinski definition) is 3. The number of benzene rings is 1. The Morgan fingerprint density at radius 1 is 1.28 bits per heavy atom. The normalized spacial score (nSPS) is 16.4. The van der Waals surface area contributed by atoms with Crippen LogP contribution in [0, 0.1) is 0 Å². The van der Waals surface area contributed by atoms with Gasteiger partial charge in [-0.15, -0.1) is 0 Å². The van der Waals surface area contributed by atoms with E-state index in [1.807, 2.05) is 36.0 Å². The summed E-state index contributed by atoms with van der Waals surface area (Å²) < 4.78 is 5.91. The van der Waals surface area contributed by atoms with Crippen LogP contribution in [0.1, 0.15) is 24.8 Å². The van der Waals surface area contributed by atoms with E-state index in [0.717, 1.165) is 24.2 Å². The number of aryl methyl sites for hydroxylation is 1. The van der Waals surface area contributed by atoms with Crippen molar-refractivity contribution in [3.05, 3.63) is 29.8 Å². The highest BCUT2D eigenvalue weighted by molar-refractivity contribution is 7.99. The van der Waals surface area contributed by atoms with Gasteiger partial charge in [-0.25, -0.2) is 0 Å². The molecule has 0 spiro atoms. The predicted octanol–water partition coefficient (Wildman–Crippen LogP) is 2.98. The Balaban J connectivity index is 1.84. The Bertz CT molecular complexity index is 383. The zero-order valence-electron chi connectivity index (χ0n) is 10.3. The lowest BCUT2D eigenvalue weighted by Crippen LogP contribution is -2.21. The van der Waals surface area contributed by atoms with E-state index in [1.54, 1.807) is 0 Å². The quantitative estimate of drug-likeness (QED) is 0.890. The molecule has 1 aliphatic rings. The Labute approximate surface area is 112 Å². The molecule has 1 aromatic carbocycles. The molecule has 1 aliphatic heterocycles. The monoisotopic (exact) mass is 266 g/mol. The van der Waals surface area contributed by atoms with Gasteiger partial charge in [0.05, 0.1) is 0 Å². The van der Waals surface area contributed by atoms with Gasteiger partial charge < -0.3 is 9.84 Å². The maximum Gasteiger partial charge on any atom is 0.303 e. The van der Waals surface area contributed by atoms with Crippen LogP contribution in [0.2, 0.25) is 0 Å². The summed E-state index contributed by atoms with van der Waals surface area (Å²) in [5.74, 6) is 2.50. The van der Waals surface area contributed by atoms with Crippen LogP contribution in [0.5, 0.6) is 5.75 Å². The molecule has 0 amide bonds. The van der Waals surface area contributed by atoms with Gasteiger partial charge in [-0.1, -0.05) is 12.1 Å². The fourth-order valence-corrected chi connectivity index (χ4v) is 3.04. The summed E-state index contributed by atoms with van der Waals surface area (Å²) in [4.78, 5) is 10.5. The van der Waals surface area contributed by atoms with Crippen LogP contribution >= 0.6 is 11.8 Å². The van der Waals surface area contributed by atoms with Crippen molar-refractivity contribution in [2.24, 2.45) is 0 Å². The van der Waals surface area contributed by atoms with Crippen LogP contribution in [0.25, 0.3) is 0 Å². The fourth-order valence-electron chi connectivity index (χ4n) is 1.97. The molecule has 0 radical (unpaired) electrons. The Morgan fingerprint density at radius 3 is 2.56 bits per heavy atom. The molecule has 4 heteroatoms. The maximum atomic E-state index is 10.5. The number of hydrogen-bond donors (Lipinski definition) is 1. The lowest BCUT2D eigenvalue weighted by molar-refractivity contribution is -0.136. The number of carboxylic acid groups (broad SMARTS) is 1. The topological polar surface area (TPSA) is 46.5 Å². The van der Waals surface area contributed by atoms with E-state index >= 15 is 0 Å². The Hall–Kier alpha value is -1.16. The van der Waals surface area contributed by atoms with Crippen LogP contribution in [0.4, 0.5) is 0 Å². The van der Waals surface area contributed by atoms with Gasteiger partial charge in [0.15, 0.2) is 0 Å². The predicted molar refractivity (Wildman–Crippen MR) is 73.4 cm³/mol. The summed E-state index contributed by atoms with van der Waals surface area (Å²) in [6.45, 7) is 0. The van der Waals surface area contributed by atoms with Crippen molar-refractivity contribution in [2.45, 2.75) is 31.8 Å². The van der Waals surface area contributed by atoms with E-state index in [4.69, 9.17) is 9.84 Å². The van der Waals surface area contributed by atoms with Crippen molar-refractivity contribution in [3.8, 4) is 5.75 Å². The van der Waals surface area contributed by atoms with Crippen LogP contribution in [-0.4, -0.2) is 28.7 Å². The molecule has 3 nitrogen and oxygen atoms in total. The first kappa shape index (κ1) is 13.3. The molecule has 0 atom stereocenters. The first-order chi connectivity index (χ1) is 8.74. The van der Waals surface area contributed by atoms with Gasteiger partial charge in [0.2, 0.25) is 0 Å². The first-order valence-electron chi connectivity index (χ1n) is 6.29. The summed E-state index contributed by atoms with van der Waals surface area (Å²) in [6, 6.07) is 7.80. The average Bonchev–Trinajstić information content (AvgIpc) is 2.39. The molecule has 1 saturated heterocycles. The molecule has 1 fully saturated rings. The third-order valence-corrected chi connectivity index (χ3v) is 4.07. The molecule has 1 N–H and O–H groups in total. The van der Waals surface area contributed by atoms with E-state index in [2.05, 4.69) is 0 Å². The fraction of sp³-hybridized carbons (Fsp3) is 0.500. The summed E-state index contributed by atoms with van der Waals surface area (Å²) in [5, 5.41) is 8.62. The molecular weight excluding hydrogens is 248 g/mol. The summed E-state index contributed by atoms with van der Waals surface area (Å²) in [5.41, 5.74) is 1.05. The Kier molecular flexibility index (Phi) is 4.93. The molecule has 0 aliphatic carbocycles. The number of rotatable bonds is 5. The van der Waals surface area contributed by atoms with E-state index in [-0.39, 0.29) is 6.42 Å².